The number of rotatable bonds is 13. The van der Waals surface area contributed by atoms with Gasteiger partial charge in [-0.25, -0.2) is 13.1 Å². The number of benzene rings is 1. The third kappa shape index (κ3) is 10.1. The summed E-state index contributed by atoms with van der Waals surface area (Å²) in [6.07, 6.45) is 11.3. The van der Waals surface area contributed by atoms with Crippen LogP contribution in [0.2, 0.25) is 0 Å². The van der Waals surface area contributed by atoms with E-state index in [1.54, 1.807) is 0 Å². The second kappa shape index (κ2) is 12.5. The Hall–Kier alpha value is -1.89. The summed E-state index contributed by atoms with van der Waals surface area (Å²) in [6, 6.07) is 5.75. The number of nitrogens with one attached hydrogen (secondary N) is 2. The maximum absolute atomic E-state index is 12.0. The number of anilines is 1. The zero-order valence-corrected chi connectivity index (χ0v) is 17.2. The minimum Gasteiger partial charge on any atom is -0.326 e. The molecule has 0 aliphatic rings. The average molecular weight is 397 g/mol. The zero-order chi connectivity index (χ0) is 20.1. The number of unbranched alkanes of at least 4 members (excludes halogenated alkanes) is 8. The molecule has 7 heteroatoms. The van der Waals surface area contributed by atoms with Gasteiger partial charge in [0.1, 0.15) is 0 Å². The molecule has 2 amide bonds. The normalized spacial score (nSPS) is 11.2. The first kappa shape index (κ1) is 23.1. The predicted molar refractivity (Wildman–Crippen MR) is 108 cm³/mol. The van der Waals surface area contributed by atoms with E-state index in [1.807, 2.05) is 4.72 Å². The maximum atomic E-state index is 12.0. The van der Waals surface area contributed by atoms with Crippen LogP contribution in [0.4, 0.5) is 5.69 Å². The van der Waals surface area contributed by atoms with Crippen LogP contribution >= 0.6 is 0 Å². The highest BCUT2D eigenvalue weighted by atomic mass is 32.2. The van der Waals surface area contributed by atoms with Gasteiger partial charge in [-0.3, -0.25) is 9.59 Å². The fourth-order valence-corrected chi connectivity index (χ4v) is 3.78. The van der Waals surface area contributed by atoms with Crippen LogP contribution in [0.3, 0.4) is 0 Å². The Morgan fingerprint density at radius 3 is 1.89 bits per heavy atom. The van der Waals surface area contributed by atoms with E-state index < -0.39 is 15.9 Å². The number of hydrogen-bond acceptors (Lipinski definition) is 4. The summed E-state index contributed by atoms with van der Waals surface area (Å²) >= 11 is 0. The highest BCUT2D eigenvalue weighted by molar-refractivity contribution is 7.90. The lowest BCUT2D eigenvalue weighted by atomic mass is 10.1. The summed E-state index contributed by atoms with van der Waals surface area (Å²) in [6.45, 7) is 3.35. The Kier molecular flexibility index (Phi) is 10.7. The average Bonchev–Trinajstić information content (AvgIpc) is 2.59. The summed E-state index contributed by atoms with van der Waals surface area (Å²) in [7, 11) is -3.85. The molecule has 27 heavy (non-hydrogen) atoms. The molecular formula is C20H32N2O4S. The molecule has 1 aromatic carbocycles. The summed E-state index contributed by atoms with van der Waals surface area (Å²) in [4.78, 5) is 22.9. The Bertz CT molecular complexity index is 684. The molecule has 0 aliphatic carbocycles. The van der Waals surface area contributed by atoms with E-state index in [0.29, 0.717) is 12.1 Å². The third-order valence-electron chi connectivity index (χ3n) is 4.23. The second-order valence-electron chi connectivity index (χ2n) is 6.81. The van der Waals surface area contributed by atoms with Crippen molar-refractivity contribution >= 4 is 27.5 Å². The molecule has 152 valence electrons. The Labute approximate surface area is 163 Å². The number of hydrogen-bond donors (Lipinski definition) is 2. The second-order valence-corrected chi connectivity index (χ2v) is 8.50. The van der Waals surface area contributed by atoms with Gasteiger partial charge in [-0.2, -0.15) is 0 Å². The fourth-order valence-electron chi connectivity index (χ4n) is 2.79. The highest BCUT2D eigenvalue weighted by Gasteiger charge is 2.15. The molecule has 0 aromatic heterocycles. The van der Waals surface area contributed by atoms with Crippen LogP contribution in [0, 0.1) is 0 Å². The molecule has 2 N–H and O–H groups in total. The third-order valence-corrected chi connectivity index (χ3v) is 5.68. The lowest BCUT2D eigenvalue weighted by Gasteiger charge is -2.08. The van der Waals surface area contributed by atoms with E-state index in [1.165, 1.54) is 62.8 Å². The van der Waals surface area contributed by atoms with Crippen LogP contribution in [0.25, 0.3) is 0 Å². The van der Waals surface area contributed by atoms with Gasteiger partial charge in [0, 0.05) is 19.0 Å². The molecule has 0 saturated carbocycles. The van der Waals surface area contributed by atoms with Crippen LogP contribution in [0.15, 0.2) is 29.2 Å². The van der Waals surface area contributed by atoms with Gasteiger partial charge in [-0.1, -0.05) is 58.3 Å². The molecule has 0 bridgehead atoms. The summed E-state index contributed by atoms with van der Waals surface area (Å²) in [5.74, 6) is -0.719. The molecule has 0 heterocycles. The monoisotopic (exact) mass is 396 g/mol. The highest BCUT2D eigenvalue weighted by Crippen LogP contribution is 2.15. The largest absolute Gasteiger partial charge is 0.326 e. The number of carbonyl (C=O) groups excluding carboxylic acids is 2. The predicted octanol–water partition coefficient (Wildman–Crippen LogP) is 4.37. The first-order chi connectivity index (χ1) is 12.8. The zero-order valence-electron chi connectivity index (χ0n) is 16.4. The van der Waals surface area contributed by atoms with Gasteiger partial charge in [0.25, 0.3) is 10.0 Å². The molecule has 0 atom stereocenters. The smallest absolute Gasteiger partial charge is 0.264 e. The number of amides is 2. The number of carbonyl (C=O) groups is 2. The van der Waals surface area contributed by atoms with Crippen LogP contribution in [-0.4, -0.2) is 20.2 Å². The molecule has 0 fully saturated rings. The molecule has 0 spiro atoms. The van der Waals surface area contributed by atoms with Crippen LogP contribution in [0.1, 0.15) is 78.1 Å². The van der Waals surface area contributed by atoms with Crippen molar-refractivity contribution in [3.05, 3.63) is 24.3 Å². The molecule has 0 radical (unpaired) electrons. The van der Waals surface area contributed by atoms with Crippen molar-refractivity contribution in [1.29, 1.82) is 0 Å². The molecule has 6 nitrogen and oxygen atoms in total. The van der Waals surface area contributed by atoms with Crippen LogP contribution in [-0.2, 0) is 19.6 Å². The summed E-state index contributed by atoms with van der Waals surface area (Å²) in [5.41, 5.74) is 0.540. The quantitative estimate of drug-likeness (QED) is 0.484. The van der Waals surface area contributed by atoms with Gasteiger partial charge < -0.3 is 5.32 Å². The SMILES string of the molecule is CCCCCCCCCCCC(=O)Nc1ccc(S(=O)(=O)NC(C)=O)cc1. The topological polar surface area (TPSA) is 92.3 Å². The van der Waals surface area contributed by atoms with Crippen LogP contribution < -0.4 is 10.0 Å². The minimum atomic E-state index is -3.85. The lowest BCUT2D eigenvalue weighted by molar-refractivity contribution is -0.117. The van der Waals surface area contributed by atoms with Gasteiger partial charge in [-0.05, 0) is 30.7 Å². The lowest BCUT2D eigenvalue weighted by Crippen LogP contribution is -2.28. The van der Waals surface area contributed by atoms with Crippen molar-refractivity contribution in [2.75, 3.05) is 5.32 Å². The van der Waals surface area contributed by atoms with Crippen molar-refractivity contribution in [2.24, 2.45) is 0 Å². The molecule has 1 rings (SSSR count). The summed E-state index contributed by atoms with van der Waals surface area (Å²) in [5, 5.41) is 2.77. The van der Waals surface area contributed by atoms with Crippen molar-refractivity contribution in [1.82, 2.24) is 4.72 Å². The van der Waals surface area contributed by atoms with E-state index in [9.17, 15) is 18.0 Å². The first-order valence-electron chi connectivity index (χ1n) is 9.78. The molecule has 0 unspecified atom stereocenters. The van der Waals surface area contributed by atoms with Gasteiger partial charge in [-0.15, -0.1) is 0 Å². The van der Waals surface area contributed by atoms with Gasteiger partial charge >= 0.3 is 0 Å². The molecule has 1 aromatic rings. The number of sulfonamides is 1. The van der Waals surface area contributed by atoms with E-state index >= 15 is 0 Å². The van der Waals surface area contributed by atoms with Crippen molar-refractivity contribution in [3.63, 3.8) is 0 Å². The standard InChI is InChI=1S/C20H32N2O4S/c1-3-4-5-6-7-8-9-10-11-12-20(24)21-18-13-15-19(16-14-18)27(25,26)22-17(2)23/h13-16H,3-12H2,1-2H3,(H,21,24)(H,22,23). The minimum absolute atomic E-state index is 0.0189. The molecular weight excluding hydrogens is 364 g/mol. The van der Waals surface area contributed by atoms with Crippen molar-refractivity contribution in [2.45, 2.75) is 83.0 Å². The fraction of sp³-hybridized carbons (Fsp3) is 0.600. The van der Waals surface area contributed by atoms with E-state index in [2.05, 4.69) is 12.2 Å². The van der Waals surface area contributed by atoms with E-state index in [4.69, 9.17) is 0 Å². The Balaban J connectivity index is 2.26. The van der Waals surface area contributed by atoms with E-state index in [-0.39, 0.29) is 10.8 Å². The van der Waals surface area contributed by atoms with Crippen LogP contribution in [0.5, 0.6) is 0 Å². The van der Waals surface area contributed by atoms with Gasteiger partial charge in [0.2, 0.25) is 11.8 Å². The molecule has 0 aliphatic heterocycles. The Morgan fingerprint density at radius 1 is 0.852 bits per heavy atom. The van der Waals surface area contributed by atoms with Gasteiger partial charge in [0.15, 0.2) is 0 Å². The van der Waals surface area contributed by atoms with E-state index in [0.717, 1.165) is 26.2 Å². The van der Waals surface area contributed by atoms with Crippen molar-refractivity contribution in [3.8, 4) is 0 Å². The maximum Gasteiger partial charge on any atom is 0.264 e. The summed E-state index contributed by atoms with van der Waals surface area (Å²) < 4.78 is 25.6. The molecule has 0 saturated heterocycles. The van der Waals surface area contributed by atoms with Crippen molar-refractivity contribution < 1.29 is 18.0 Å². The van der Waals surface area contributed by atoms with Gasteiger partial charge in [0.05, 0.1) is 4.90 Å². The first-order valence-corrected chi connectivity index (χ1v) is 11.3. The Morgan fingerprint density at radius 2 is 1.37 bits per heavy atom.